The molecule has 7 heteroatoms. The van der Waals surface area contributed by atoms with Gasteiger partial charge in [-0.1, -0.05) is 19.1 Å². The molecule has 0 radical (unpaired) electrons. The summed E-state index contributed by atoms with van der Waals surface area (Å²) in [6.07, 6.45) is 0.796. The minimum absolute atomic E-state index is 0.288. The first-order valence-corrected chi connectivity index (χ1v) is 9.01. The van der Waals surface area contributed by atoms with Crippen molar-refractivity contribution in [2.75, 3.05) is 7.11 Å². The van der Waals surface area contributed by atoms with E-state index in [-0.39, 0.29) is 17.6 Å². The highest BCUT2D eigenvalue weighted by Crippen LogP contribution is 2.35. The molecule has 138 valence electrons. The van der Waals surface area contributed by atoms with Crippen LogP contribution >= 0.6 is 15.9 Å². The number of nitrogens with one attached hydrogen (secondary N) is 1. The number of carbonyl (C=O) groups is 2. The fourth-order valence-corrected chi connectivity index (χ4v) is 3.53. The van der Waals surface area contributed by atoms with Crippen molar-refractivity contribution < 1.29 is 18.7 Å². The van der Waals surface area contributed by atoms with Gasteiger partial charge in [-0.25, -0.2) is 4.39 Å². The van der Waals surface area contributed by atoms with Crippen LogP contribution in [0.4, 0.5) is 4.39 Å². The first kappa shape index (κ1) is 19.0. The summed E-state index contributed by atoms with van der Waals surface area (Å²) < 4.78 is 19.3. The summed E-state index contributed by atoms with van der Waals surface area (Å²) in [5, 5.41) is 2.89. The van der Waals surface area contributed by atoms with Gasteiger partial charge in [-0.2, -0.15) is 0 Å². The Morgan fingerprint density at radius 1 is 1.11 bits per heavy atom. The lowest BCUT2D eigenvalue weighted by Crippen LogP contribution is -2.19. The molecule has 0 saturated heterocycles. The summed E-state index contributed by atoms with van der Waals surface area (Å²) in [7, 11) is 1.57. The summed E-state index contributed by atoms with van der Waals surface area (Å²) >= 11 is 3.44. The number of rotatable bonds is 2. The van der Waals surface area contributed by atoms with Gasteiger partial charge in [-0.15, -0.1) is 0 Å². The van der Waals surface area contributed by atoms with Crippen molar-refractivity contribution in [2.24, 2.45) is 0 Å². The number of pyridine rings is 1. The summed E-state index contributed by atoms with van der Waals surface area (Å²) in [4.78, 5) is 26.3. The molecule has 0 bridgehead atoms. The highest BCUT2D eigenvalue weighted by molar-refractivity contribution is 9.10. The van der Waals surface area contributed by atoms with E-state index in [1.165, 1.54) is 12.1 Å². The van der Waals surface area contributed by atoms with Crippen LogP contribution in [0.25, 0.3) is 10.9 Å². The maximum absolute atomic E-state index is 13.2. The van der Waals surface area contributed by atoms with Crippen LogP contribution in [0.1, 0.15) is 33.3 Å². The van der Waals surface area contributed by atoms with Crippen molar-refractivity contribution in [1.29, 1.82) is 0 Å². The van der Waals surface area contributed by atoms with Gasteiger partial charge in [0.2, 0.25) is 0 Å². The fourth-order valence-electron chi connectivity index (χ4n) is 2.78. The number of methoxy groups -OCH3 is 1. The van der Waals surface area contributed by atoms with E-state index in [2.05, 4.69) is 26.2 Å². The molecule has 3 aromatic rings. The molecule has 0 aliphatic carbocycles. The SMILES string of the molecule is CCc1nc2ccc(F)cc2c(OC)c1Br.O=C1NC(=O)c2ccccc21. The number of amides is 2. The Kier molecular flexibility index (Phi) is 5.51. The second kappa shape index (κ2) is 7.84. The standard InChI is InChI=1S/C12H11BrFNO.C8H5NO2/c1-3-9-11(13)12(16-2)8-6-7(14)4-5-10(8)15-9;10-7-5-3-1-2-4-6(5)8(11)9-7/h4-6H,3H2,1-2H3;1-4H,(H,9,10,11). The normalized spacial score (nSPS) is 12.3. The molecular weight excluding hydrogens is 415 g/mol. The first-order valence-electron chi connectivity index (χ1n) is 8.22. The average molecular weight is 431 g/mol. The number of aryl methyl sites for hydroxylation is 1. The molecule has 4 rings (SSSR count). The molecule has 2 aromatic carbocycles. The van der Waals surface area contributed by atoms with Crippen LogP contribution in [0, 0.1) is 5.82 Å². The molecule has 0 spiro atoms. The van der Waals surface area contributed by atoms with Gasteiger partial charge in [0, 0.05) is 5.39 Å². The Morgan fingerprint density at radius 2 is 1.74 bits per heavy atom. The second-order valence-corrected chi connectivity index (χ2v) is 6.54. The van der Waals surface area contributed by atoms with Gasteiger partial charge in [0.05, 0.1) is 33.9 Å². The third kappa shape index (κ3) is 3.68. The number of aromatic nitrogens is 1. The van der Waals surface area contributed by atoms with Crippen molar-refractivity contribution >= 4 is 38.6 Å². The minimum Gasteiger partial charge on any atom is -0.495 e. The van der Waals surface area contributed by atoms with Gasteiger partial charge >= 0.3 is 0 Å². The lowest BCUT2D eigenvalue weighted by molar-refractivity contribution is 0.0879. The zero-order valence-electron chi connectivity index (χ0n) is 14.7. The van der Waals surface area contributed by atoms with Crippen molar-refractivity contribution in [1.82, 2.24) is 10.3 Å². The van der Waals surface area contributed by atoms with Crippen LogP contribution in [-0.2, 0) is 6.42 Å². The first-order chi connectivity index (χ1) is 13.0. The Hall–Kier alpha value is -2.80. The van der Waals surface area contributed by atoms with Gasteiger partial charge in [-0.05, 0) is 52.7 Å². The second-order valence-electron chi connectivity index (χ2n) is 5.75. The van der Waals surface area contributed by atoms with E-state index in [0.29, 0.717) is 22.3 Å². The zero-order valence-corrected chi connectivity index (χ0v) is 16.3. The van der Waals surface area contributed by atoms with Crippen molar-refractivity contribution in [3.8, 4) is 5.75 Å². The predicted molar refractivity (Wildman–Crippen MR) is 104 cm³/mol. The molecular formula is C20H16BrFN2O3. The largest absolute Gasteiger partial charge is 0.495 e. The smallest absolute Gasteiger partial charge is 0.258 e. The number of benzene rings is 2. The van der Waals surface area contributed by atoms with E-state index >= 15 is 0 Å². The van der Waals surface area contributed by atoms with E-state index in [9.17, 15) is 14.0 Å². The molecule has 1 aliphatic heterocycles. The van der Waals surface area contributed by atoms with Crippen molar-refractivity contribution in [2.45, 2.75) is 13.3 Å². The summed E-state index contributed by atoms with van der Waals surface area (Å²) in [6, 6.07) is 11.2. The topological polar surface area (TPSA) is 68.3 Å². The van der Waals surface area contributed by atoms with Crippen LogP contribution in [0.5, 0.6) is 5.75 Å². The number of halogens is 2. The number of carbonyl (C=O) groups excluding carboxylic acids is 2. The van der Waals surface area contributed by atoms with Crippen molar-refractivity contribution in [3.63, 3.8) is 0 Å². The summed E-state index contributed by atoms with van der Waals surface area (Å²) in [5.41, 5.74) is 2.60. The molecule has 0 saturated carbocycles. The molecule has 1 aliphatic rings. The van der Waals surface area contributed by atoms with Crippen LogP contribution in [0.15, 0.2) is 46.9 Å². The minimum atomic E-state index is -0.300. The number of nitrogens with zero attached hydrogens (tertiary/aromatic N) is 1. The van der Waals surface area contributed by atoms with Crippen LogP contribution in [0.2, 0.25) is 0 Å². The number of hydrogen-bond donors (Lipinski definition) is 1. The van der Waals surface area contributed by atoms with E-state index in [1.54, 1.807) is 37.4 Å². The molecule has 1 N–H and O–H groups in total. The third-order valence-electron chi connectivity index (χ3n) is 4.09. The number of hydrogen-bond acceptors (Lipinski definition) is 4. The van der Waals surface area contributed by atoms with Crippen LogP contribution in [-0.4, -0.2) is 23.9 Å². The van der Waals surface area contributed by atoms with Gasteiger partial charge in [-0.3, -0.25) is 19.9 Å². The Morgan fingerprint density at radius 3 is 2.30 bits per heavy atom. The molecule has 27 heavy (non-hydrogen) atoms. The van der Waals surface area contributed by atoms with E-state index < -0.39 is 0 Å². The van der Waals surface area contributed by atoms with Crippen LogP contribution in [0.3, 0.4) is 0 Å². The molecule has 0 fully saturated rings. The summed E-state index contributed by atoms with van der Waals surface area (Å²) in [5.74, 6) is -0.249. The Labute approximate surface area is 163 Å². The Bertz CT molecular complexity index is 1020. The number of ether oxygens (including phenoxy) is 1. The van der Waals surface area contributed by atoms with Crippen LogP contribution < -0.4 is 10.1 Å². The average Bonchev–Trinajstić information content (AvgIpc) is 2.96. The van der Waals surface area contributed by atoms with E-state index in [0.717, 1.165) is 22.1 Å². The maximum atomic E-state index is 13.2. The van der Waals surface area contributed by atoms with E-state index in [1.807, 2.05) is 6.92 Å². The number of fused-ring (bicyclic) bond motifs is 2. The molecule has 0 atom stereocenters. The molecule has 2 amide bonds. The lowest BCUT2D eigenvalue weighted by Gasteiger charge is -2.10. The summed E-state index contributed by atoms with van der Waals surface area (Å²) in [6.45, 7) is 2.02. The Balaban J connectivity index is 0.000000166. The maximum Gasteiger partial charge on any atom is 0.258 e. The highest BCUT2D eigenvalue weighted by atomic mass is 79.9. The predicted octanol–water partition coefficient (Wildman–Crippen LogP) is 4.28. The number of imide groups is 1. The highest BCUT2D eigenvalue weighted by Gasteiger charge is 2.25. The van der Waals surface area contributed by atoms with Gasteiger partial charge in [0.15, 0.2) is 0 Å². The lowest BCUT2D eigenvalue weighted by atomic mass is 10.1. The molecule has 1 aromatic heterocycles. The quantitative estimate of drug-likeness (QED) is 0.616. The molecule has 0 unspecified atom stereocenters. The fraction of sp³-hybridized carbons (Fsp3) is 0.150. The zero-order chi connectivity index (χ0) is 19.6. The van der Waals surface area contributed by atoms with Crippen molar-refractivity contribution in [3.05, 3.63) is 69.6 Å². The van der Waals surface area contributed by atoms with Gasteiger partial charge in [0.1, 0.15) is 11.6 Å². The van der Waals surface area contributed by atoms with E-state index in [4.69, 9.17) is 4.74 Å². The van der Waals surface area contributed by atoms with Gasteiger partial charge < -0.3 is 4.74 Å². The molecule has 5 nitrogen and oxygen atoms in total. The molecule has 2 heterocycles. The monoisotopic (exact) mass is 430 g/mol. The van der Waals surface area contributed by atoms with Gasteiger partial charge in [0.25, 0.3) is 11.8 Å². The third-order valence-corrected chi connectivity index (χ3v) is 4.91.